The first-order chi connectivity index (χ1) is 4.16. The number of amides is 3. The topological polar surface area (TPSA) is 82.0 Å². The van der Waals surface area contributed by atoms with Gasteiger partial charge in [0.2, 0.25) is 5.91 Å². The second kappa shape index (κ2) is 3.43. The molecule has 0 aromatic carbocycles. The summed E-state index contributed by atoms with van der Waals surface area (Å²) in [6.45, 7) is 1.18. The zero-order chi connectivity index (χ0) is 7.28. The summed E-state index contributed by atoms with van der Waals surface area (Å²) < 4.78 is 0. The number of hydrogen-bond acceptors (Lipinski definition) is 3. The Morgan fingerprint density at radius 2 is 2.11 bits per heavy atom. The average Bonchev–Trinajstić information content (AvgIpc) is 1.63. The number of rotatable bonds is 0. The summed E-state index contributed by atoms with van der Waals surface area (Å²) in [5.74, 6) is -0.497. The Morgan fingerprint density at radius 3 is 2.44 bits per heavy atom. The van der Waals surface area contributed by atoms with Crippen molar-refractivity contribution in [2.75, 3.05) is 0 Å². The van der Waals surface area contributed by atoms with Crippen LogP contribution < -0.4 is 10.6 Å². The molecule has 0 saturated carbocycles. The largest absolute Gasteiger partial charge is 0.334 e. The number of carbonyl (C=O) groups excluding carboxylic acids is 2. The van der Waals surface area contributed by atoms with Crippen molar-refractivity contribution in [3.63, 3.8) is 0 Å². The van der Waals surface area contributed by atoms with Crippen LogP contribution in [0.3, 0.4) is 0 Å². The Kier molecular flexibility index (Phi) is 2.84. The minimum atomic E-state index is -0.801. The molecule has 0 fully saturated rings. The van der Waals surface area contributed by atoms with Crippen LogP contribution in [-0.4, -0.2) is 11.9 Å². The number of hydrogen-bond donors (Lipinski definition) is 2. The van der Waals surface area contributed by atoms with Crippen LogP contribution in [0.15, 0.2) is 0 Å². The van der Waals surface area contributed by atoms with Gasteiger partial charge in [-0.3, -0.25) is 10.1 Å². The summed E-state index contributed by atoms with van der Waals surface area (Å²) in [6.07, 6.45) is 1.36. The average molecular weight is 127 g/mol. The maximum Gasteiger partial charge on any atom is 0.334 e. The van der Waals surface area contributed by atoms with Crippen LogP contribution in [0.4, 0.5) is 4.79 Å². The fourth-order valence-electron chi connectivity index (χ4n) is 0.242. The molecule has 0 atom stereocenters. The molecule has 0 unspecified atom stereocenters. The Balaban J connectivity index is 3.54. The van der Waals surface area contributed by atoms with Crippen molar-refractivity contribution >= 4 is 11.9 Å². The van der Waals surface area contributed by atoms with E-state index < -0.39 is 11.9 Å². The van der Waals surface area contributed by atoms with E-state index in [4.69, 9.17) is 5.26 Å². The van der Waals surface area contributed by atoms with Gasteiger partial charge in [0.15, 0.2) is 6.19 Å². The van der Waals surface area contributed by atoms with Crippen molar-refractivity contribution in [1.29, 1.82) is 5.26 Å². The number of nitriles is 1. The van der Waals surface area contributed by atoms with E-state index in [1.165, 1.54) is 13.1 Å². The zero-order valence-corrected chi connectivity index (χ0v) is 4.76. The maximum absolute atomic E-state index is 10.2. The van der Waals surface area contributed by atoms with Gasteiger partial charge in [0.1, 0.15) is 0 Å². The summed E-state index contributed by atoms with van der Waals surface area (Å²) in [7, 11) is 0. The Hall–Kier alpha value is -1.57. The third kappa shape index (κ3) is 4.28. The fourth-order valence-corrected chi connectivity index (χ4v) is 0.242. The van der Waals surface area contributed by atoms with Gasteiger partial charge in [-0.2, -0.15) is 5.26 Å². The summed E-state index contributed by atoms with van der Waals surface area (Å²) in [4.78, 5) is 20.2. The van der Waals surface area contributed by atoms with Gasteiger partial charge in [-0.05, 0) is 0 Å². The van der Waals surface area contributed by atoms with Gasteiger partial charge in [0, 0.05) is 6.92 Å². The van der Waals surface area contributed by atoms with Crippen molar-refractivity contribution in [3.8, 4) is 6.19 Å². The minimum Gasteiger partial charge on any atom is -0.278 e. The number of carbonyl (C=O) groups is 2. The summed E-state index contributed by atoms with van der Waals surface area (Å²) in [5.41, 5.74) is 0. The summed E-state index contributed by atoms with van der Waals surface area (Å²) in [5, 5.41) is 11.4. The van der Waals surface area contributed by atoms with E-state index in [1.54, 1.807) is 5.32 Å². The highest BCUT2D eigenvalue weighted by atomic mass is 16.2. The molecular weight excluding hydrogens is 122 g/mol. The molecule has 3 amide bonds. The molecule has 0 aromatic rings. The first-order valence-electron chi connectivity index (χ1n) is 2.13. The van der Waals surface area contributed by atoms with Crippen LogP contribution in [-0.2, 0) is 4.79 Å². The van der Waals surface area contributed by atoms with E-state index in [2.05, 4.69) is 0 Å². The van der Waals surface area contributed by atoms with Gasteiger partial charge in [-0.15, -0.1) is 0 Å². The Bertz CT molecular complexity index is 169. The van der Waals surface area contributed by atoms with Crippen molar-refractivity contribution in [2.45, 2.75) is 6.92 Å². The number of urea groups is 1. The standard InChI is InChI=1S/C4H5N3O2/c1-3(8)7-4(9)6-2-5/h1H3,(H2,6,7,8,9). The quantitative estimate of drug-likeness (QED) is 0.334. The van der Waals surface area contributed by atoms with Crippen LogP contribution in [0, 0.1) is 11.5 Å². The molecule has 5 nitrogen and oxygen atoms in total. The molecule has 0 spiro atoms. The van der Waals surface area contributed by atoms with Crippen molar-refractivity contribution < 1.29 is 9.59 Å². The number of imide groups is 1. The van der Waals surface area contributed by atoms with Gasteiger partial charge in [-0.1, -0.05) is 0 Å². The molecule has 0 bridgehead atoms. The van der Waals surface area contributed by atoms with Gasteiger partial charge in [-0.25, -0.2) is 10.1 Å². The Labute approximate surface area is 51.6 Å². The Morgan fingerprint density at radius 1 is 1.56 bits per heavy atom. The second-order valence-electron chi connectivity index (χ2n) is 1.25. The number of nitrogens with zero attached hydrogens (tertiary/aromatic N) is 1. The third-order valence-corrected chi connectivity index (χ3v) is 0.459. The van der Waals surface area contributed by atoms with Gasteiger partial charge < -0.3 is 0 Å². The van der Waals surface area contributed by atoms with E-state index in [-0.39, 0.29) is 0 Å². The molecular formula is C4H5N3O2. The van der Waals surface area contributed by atoms with Crippen molar-refractivity contribution in [3.05, 3.63) is 0 Å². The normalized spacial score (nSPS) is 7.11. The van der Waals surface area contributed by atoms with E-state index >= 15 is 0 Å². The third-order valence-electron chi connectivity index (χ3n) is 0.459. The van der Waals surface area contributed by atoms with E-state index in [1.807, 2.05) is 5.32 Å². The fraction of sp³-hybridized carbons (Fsp3) is 0.250. The van der Waals surface area contributed by atoms with E-state index in [0.29, 0.717) is 0 Å². The molecule has 9 heavy (non-hydrogen) atoms. The molecule has 0 aliphatic carbocycles. The van der Waals surface area contributed by atoms with Gasteiger partial charge >= 0.3 is 6.03 Å². The predicted molar refractivity (Wildman–Crippen MR) is 28.0 cm³/mol. The summed E-state index contributed by atoms with van der Waals surface area (Å²) >= 11 is 0. The van der Waals surface area contributed by atoms with Crippen molar-refractivity contribution in [2.24, 2.45) is 0 Å². The van der Waals surface area contributed by atoms with Gasteiger partial charge in [0.25, 0.3) is 0 Å². The van der Waals surface area contributed by atoms with Crippen LogP contribution in [0.25, 0.3) is 0 Å². The van der Waals surface area contributed by atoms with E-state index in [0.717, 1.165) is 0 Å². The van der Waals surface area contributed by atoms with Crippen molar-refractivity contribution in [1.82, 2.24) is 10.6 Å². The number of nitrogens with one attached hydrogen (secondary N) is 2. The molecule has 0 rings (SSSR count). The maximum atomic E-state index is 10.2. The molecule has 0 aliphatic rings. The van der Waals surface area contributed by atoms with Crippen LogP contribution >= 0.6 is 0 Å². The first kappa shape index (κ1) is 7.43. The molecule has 0 aromatic heterocycles. The minimum absolute atomic E-state index is 0.497. The molecule has 0 aliphatic heterocycles. The summed E-state index contributed by atoms with van der Waals surface area (Å²) in [6, 6.07) is -0.801. The highest BCUT2D eigenvalue weighted by Gasteiger charge is 1.98. The highest BCUT2D eigenvalue weighted by molar-refractivity contribution is 5.93. The molecule has 48 valence electrons. The molecule has 0 heterocycles. The molecule has 0 radical (unpaired) electrons. The van der Waals surface area contributed by atoms with Crippen LogP contribution in [0.2, 0.25) is 0 Å². The van der Waals surface area contributed by atoms with Crippen LogP contribution in [0.5, 0.6) is 0 Å². The lowest BCUT2D eigenvalue weighted by molar-refractivity contribution is -0.117. The lowest BCUT2D eigenvalue weighted by Crippen LogP contribution is -2.35. The zero-order valence-electron chi connectivity index (χ0n) is 4.76. The SMILES string of the molecule is CC(=O)NC(=O)NC#N. The lowest BCUT2D eigenvalue weighted by Gasteiger charge is -1.93. The van der Waals surface area contributed by atoms with E-state index in [9.17, 15) is 9.59 Å². The van der Waals surface area contributed by atoms with Gasteiger partial charge in [0.05, 0.1) is 0 Å². The molecule has 0 saturated heterocycles. The first-order valence-corrected chi connectivity index (χ1v) is 2.13. The second-order valence-corrected chi connectivity index (χ2v) is 1.25. The highest BCUT2D eigenvalue weighted by Crippen LogP contribution is 1.61. The molecule has 2 N–H and O–H groups in total. The lowest BCUT2D eigenvalue weighted by atomic mass is 10.7. The predicted octanol–water partition coefficient (Wildman–Crippen LogP) is -0.687. The monoisotopic (exact) mass is 127 g/mol. The smallest absolute Gasteiger partial charge is 0.278 e. The molecule has 5 heteroatoms. The van der Waals surface area contributed by atoms with Crippen LogP contribution in [0.1, 0.15) is 6.92 Å².